The van der Waals surface area contributed by atoms with Crippen LogP contribution in [0, 0.1) is 6.92 Å². The monoisotopic (exact) mass is 330 g/mol. The molecule has 126 valence electrons. The number of likely N-dealkylation sites (tertiary alicyclic amines) is 1. The Labute approximate surface area is 148 Å². The fraction of sp³-hybridized carbons (Fsp3) is 0.286. The minimum Gasteiger partial charge on any atom is -0.292 e. The SMILES string of the molecule is Cc1cccc(-c2ncc(CN3CCCC3c3cccnc3)cn2)c1. The Bertz CT molecular complexity index is 830. The highest BCUT2D eigenvalue weighted by Gasteiger charge is 2.26. The molecule has 0 spiro atoms. The van der Waals surface area contributed by atoms with Gasteiger partial charge in [-0.15, -0.1) is 0 Å². The van der Waals surface area contributed by atoms with E-state index in [4.69, 9.17) is 0 Å². The third kappa shape index (κ3) is 3.59. The van der Waals surface area contributed by atoms with Gasteiger partial charge in [-0.2, -0.15) is 0 Å². The maximum Gasteiger partial charge on any atom is 0.159 e. The molecule has 4 nitrogen and oxygen atoms in total. The summed E-state index contributed by atoms with van der Waals surface area (Å²) in [6.07, 6.45) is 10.2. The second-order valence-corrected chi connectivity index (χ2v) is 6.70. The highest BCUT2D eigenvalue weighted by Crippen LogP contribution is 2.32. The van der Waals surface area contributed by atoms with Crippen LogP contribution in [0.3, 0.4) is 0 Å². The molecule has 0 N–H and O–H groups in total. The molecule has 0 bridgehead atoms. The van der Waals surface area contributed by atoms with Crippen LogP contribution < -0.4 is 0 Å². The number of nitrogens with zero attached hydrogens (tertiary/aromatic N) is 4. The molecule has 0 amide bonds. The summed E-state index contributed by atoms with van der Waals surface area (Å²) < 4.78 is 0. The van der Waals surface area contributed by atoms with Gasteiger partial charge in [0.25, 0.3) is 0 Å². The average molecular weight is 330 g/mol. The van der Waals surface area contributed by atoms with Gasteiger partial charge in [-0.1, -0.05) is 29.8 Å². The van der Waals surface area contributed by atoms with Crippen molar-refractivity contribution in [3.05, 3.63) is 77.9 Å². The molecule has 0 radical (unpaired) electrons. The van der Waals surface area contributed by atoms with Crippen molar-refractivity contribution in [3.8, 4) is 11.4 Å². The fourth-order valence-corrected chi connectivity index (χ4v) is 3.57. The average Bonchev–Trinajstić information content (AvgIpc) is 3.11. The molecule has 4 heteroatoms. The second-order valence-electron chi connectivity index (χ2n) is 6.70. The van der Waals surface area contributed by atoms with Crippen molar-refractivity contribution in [3.63, 3.8) is 0 Å². The van der Waals surface area contributed by atoms with Gasteiger partial charge >= 0.3 is 0 Å². The number of rotatable bonds is 4. The maximum atomic E-state index is 4.58. The first kappa shape index (κ1) is 15.9. The van der Waals surface area contributed by atoms with Gasteiger partial charge in [-0.25, -0.2) is 9.97 Å². The van der Waals surface area contributed by atoms with Gasteiger partial charge in [0, 0.05) is 48.5 Å². The van der Waals surface area contributed by atoms with Crippen molar-refractivity contribution < 1.29 is 0 Å². The van der Waals surface area contributed by atoms with Crippen molar-refractivity contribution in [1.82, 2.24) is 19.9 Å². The van der Waals surface area contributed by atoms with Crippen LogP contribution in [0.4, 0.5) is 0 Å². The molecule has 3 aromatic rings. The first-order chi connectivity index (χ1) is 12.3. The highest BCUT2D eigenvalue weighted by atomic mass is 15.2. The molecule has 1 fully saturated rings. The van der Waals surface area contributed by atoms with E-state index in [9.17, 15) is 0 Å². The Kier molecular flexibility index (Phi) is 4.53. The Hall–Kier alpha value is -2.59. The van der Waals surface area contributed by atoms with Crippen LogP contribution in [0.1, 0.15) is 35.6 Å². The van der Waals surface area contributed by atoms with Crippen LogP contribution in [0.25, 0.3) is 11.4 Å². The van der Waals surface area contributed by atoms with Gasteiger partial charge in [0.05, 0.1) is 0 Å². The molecule has 0 saturated carbocycles. The predicted molar refractivity (Wildman–Crippen MR) is 98.8 cm³/mol. The van der Waals surface area contributed by atoms with E-state index >= 15 is 0 Å². The summed E-state index contributed by atoms with van der Waals surface area (Å²) in [7, 11) is 0. The van der Waals surface area contributed by atoms with Crippen molar-refractivity contribution in [2.24, 2.45) is 0 Å². The van der Waals surface area contributed by atoms with Crippen molar-refractivity contribution in [2.75, 3.05) is 6.54 Å². The molecule has 1 saturated heterocycles. The van der Waals surface area contributed by atoms with Gasteiger partial charge in [0.15, 0.2) is 5.82 Å². The Morgan fingerprint density at radius 2 is 1.96 bits per heavy atom. The molecule has 1 aromatic carbocycles. The summed E-state index contributed by atoms with van der Waals surface area (Å²) in [6.45, 7) is 4.08. The lowest BCUT2D eigenvalue weighted by atomic mass is 10.1. The molecule has 25 heavy (non-hydrogen) atoms. The highest BCUT2D eigenvalue weighted by molar-refractivity contribution is 5.55. The van der Waals surface area contributed by atoms with E-state index in [1.54, 1.807) is 0 Å². The predicted octanol–water partition coefficient (Wildman–Crippen LogP) is 4.18. The third-order valence-electron chi connectivity index (χ3n) is 4.80. The lowest BCUT2D eigenvalue weighted by molar-refractivity contribution is 0.247. The summed E-state index contributed by atoms with van der Waals surface area (Å²) in [5, 5.41) is 0. The summed E-state index contributed by atoms with van der Waals surface area (Å²) in [5.41, 5.74) is 4.76. The molecule has 3 heterocycles. The Balaban J connectivity index is 1.49. The van der Waals surface area contributed by atoms with Gasteiger partial charge in [0.1, 0.15) is 0 Å². The maximum absolute atomic E-state index is 4.58. The molecule has 2 aromatic heterocycles. The van der Waals surface area contributed by atoms with Crippen LogP contribution in [0.5, 0.6) is 0 Å². The number of aromatic nitrogens is 3. The van der Waals surface area contributed by atoms with E-state index in [2.05, 4.69) is 51.0 Å². The van der Waals surface area contributed by atoms with E-state index in [0.717, 1.165) is 30.0 Å². The van der Waals surface area contributed by atoms with Crippen molar-refractivity contribution in [2.45, 2.75) is 32.4 Å². The van der Waals surface area contributed by atoms with Crippen molar-refractivity contribution >= 4 is 0 Å². The standard InChI is InChI=1S/C21H22N4/c1-16-5-2-6-18(11-16)21-23-12-17(13-24-21)15-25-10-4-8-20(25)19-7-3-9-22-14-19/h2-3,5-7,9,11-14,20H,4,8,10,15H2,1H3. The van der Waals surface area contributed by atoms with Gasteiger partial charge in [-0.05, 0) is 44.0 Å². The lowest BCUT2D eigenvalue weighted by Crippen LogP contribution is -2.23. The molecule has 1 unspecified atom stereocenters. The van der Waals surface area contributed by atoms with E-state index in [1.165, 1.54) is 24.0 Å². The number of benzene rings is 1. The zero-order chi connectivity index (χ0) is 17.1. The smallest absolute Gasteiger partial charge is 0.159 e. The summed E-state index contributed by atoms with van der Waals surface area (Å²) >= 11 is 0. The largest absolute Gasteiger partial charge is 0.292 e. The van der Waals surface area contributed by atoms with Crippen LogP contribution in [-0.2, 0) is 6.54 Å². The fourth-order valence-electron chi connectivity index (χ4n) is 3.57. The van der Waals surface area contributed by atoms with Crippen LogP contribution >= 0.6 is 0 Å². The molecule has 1 atom stereocenters. The quantitative estimate of drug-likeness (QED) is 0.719. The zero-order valence-electron chi connectivity index (χ0n) is 14.5. The molecular formula is C21H22N4. The minimum absolute atomic E-state index is 0.449. The van der Waals surface area contributed by atoms with Crippen LogP contribution in [0.15, 0.2) is 61.2 Å². The Morgan fingerprint density at radius 1 is 1.08 bits per heavy atom. The minimum atomic E-state index is 0.449. The van der Waals surface area contributed by atoms with E-state index < -0.39 is 0 Å². The van der Waals surface area contributed by atoms with Gasteiger partial charge in [-0.3, -0.25) is 9.88 Å². The van der Waals surface area contributed by atoms with Gasteiger partial charge < -0.3 is 0 Å². The number of hydrogen-bond acceptors (Lipinski definition) is 4. The molecule has 0 aliphatic carbocycles. The van der Waals surface area contributed by atoms with Crippen molar-refractivity contribution in [1.29, 1.82) is 0 Å². The lowest BCUT2D eigenvalue weighted by Gasteiger charge is -2.24. The molecule has 4 rings (SSSR count). The third-order valence-corrected chi connectivity index (χ3v) is 4.80. The zero-order valence-corrected chi connectivity index (χ0v) is 14.5. The first-order valence-corrected chi connectivity index (χ1v) is 8.81. The summed E-state index contributed by atoms with van der Waals surface area (Å²) in [5.74, 6) is 0.790. The summed E-state index contributed by atoms with van der Waals surface area (Å²) in [4.78, 5) is 15.9. The topological polar surface area (TPSA) is 41.9 Å². The van der Waals surface area contributed by atoms with Crippen LogP contribution in [-0.4, -0.2) is 26.4 Å². The molecule has 1 aliphatic rings. The number of aryl methyl sites for hydroxylation is 1. The van der Waals surface area contributed by atoms with E-state index in [-0.39, 0.29) is 0 Å². The van der Waals surface area contributed by atoms with Gasteiger partial charge in [0.2, 0.25) is 0 Å². The normalized spacial score (nSPS) is 17.7. The van der Waals surface area contributed by atoms with E-state index in [1.807, 2.05) is 36.9 Å². The Morgan fingerprint density at radius 3 is 2.72 bits per heavy atom. The second kappa shape index (κ2) is 7.11. The van der Waals surface area contributed by atoms with Crippen LogP contribution in [0.2, 0.25) is 0 Å². The number of hydrogen-bond donors (Lipinski definition) is 0. The molecule has 1 aliphatic heterocycles. The first-order valence-electron chi connectivity index (χ1n) is 8.81. The summed E-state index contributed by atoms with van der Waals surface area (Å²) in [6, 6.07) is 13.0. The number of pyridine rings is 1. The van der Waals surface area contributed by atoms with E-state index in [0.29, 0.717) is 6.04 Å². The molecular weight excluding hydrogens is 308 g/mol.